The Kier molecular flexibility index (Phi) is 2.79. The molecular formula is C10H14O2. The van der Waals surface area contributed by atoms with Crippen molar-refractivity contribution in [2.24, 2.45) is 11.8 Å². The lowest BCUT2D eigenvalue weighted by atomic mass is 9.94. The Morgan fingerprint density at radius 1 is 1.50 bits per heavy atom. The van der Waals surface area contributed by atoms with Crippen molar-refractivity contribution in [2.75, 3.05) is 0 Å². The topological polar surface area (TPSA) is 34.1 Å². The van der Waals surface area contributed by atoms with Crippen molar-refractivity contribution in [3.8, 4) is 0 Å². The van der Waals surface area contributed by atoms with E-state index in [1.165, 1.54) is 0 Å². The molecule has 1 saturated carbocycles. The number of carbonyl (C=O) groups excluding carboxylic acids is 2. The molecule has 0 heterocycles. The summed E-state index contributed by atoms with van der Waals surface area (Å²) in [5, 5.41) is 0. The van der Waals surface area contributed by atoms with Crippen LogP contribution >= 0.6 is 0 Å². The molecule has 2 unspecified atom stereocenters. The highest BCUT2D eigenvalue weighted by molar-refractivity contribution is 6.40. The summed E-state index contributed by atoms with van der Waals surface area (Å²) in [4.78, 5) is 22.2. The zero-order valence-electron chi connectivity index (χ0n) is 7.54. The van der Waals surface area contributed by atoms with Crippen molar-refractivity contribution in [1.29, 1.82) is 0 Å². The molecule has 0 spiro atoms. The van der Waals surface area contributed by atoms with Gasteiger partial charge in [-0.2, -0.15) is 0 Å². The molecule has 1 aliphatic rings. The highest BCUT2D eigenvalue weighted by Gasteiger charge is 2.37. The van der Waals surface area contributed by atoms with Gasteiger partial charge in [0.1, 0.15) is 0 Å². The lowest BCUT2D eigenvalue weighted by Crippen LogP contribution is -2.14. The smallest absolute Gasteiger partial charge is 0.202 e. The van der Waals surface area contributed by atoms with Crippen molar-refractivity contribution in [3.63, 3.8) is 0 Å². The third-order valence-corrected chi connectivity index (χ3v) is 2.43. The van der Waals surface area contributed by atoms with Gasteiger partial charge in [0.05, 0.1) is 0 Å². The van der Waals surface area contributed by atoms with E-state index in [-0.39, 0.29) is 23.4 Å². The number of rotatable bonds is 2. The first-order chi connectivity index (χ1) is 5.66. The summed E-state index contributed by atoms with van der Waals surface area (Å²) >= 11 is 0. The van der Waals surface area contributed by atoms with Crippen molar-refractivity contribution >= 4 is 11.6 Å². The molecule has 1 rings (SSSR count). The van der Waals surface area contributed by atoms with Gasteiger partial charge in [-0.05, 0) is 19.3 Å². The molecule has 0 aromatic heterocycles. The molecule has 0 bridgehead atoms. The van der Waals surface area contributed by atoms with E-state index in [2.05, 4.69) is 0 Å². The summed E-state index contributed by atoms with van der Waals surface area (Å²) in [6.45, 7) is 3.89. The van der Waals surface area contributed by atoms with Crippen LogP contribution in [0.2, 0.25) is 0 Å². The zero-order chi connectivity index (χ0) is 9.14. The molecule has 1 aliphatic carbocycles. The number of hydrogen-bond acceptors (Lipinski definition) is 2. The van der Waals surface area contributed by atoms with Crippen LogP contribution in [0.25, 0.3) is 0 Å². The van der Waals surface area contributed by atoms with E-state index in [0.717, 1.165) is 6.42 Å². The van der Waals surface area contributed by atoms with Gasteiger partial charge >= 0.3 is 0 Å². The Morgan fingerprint density at radius 3 is 2.58 bits per heavy atom. The third-order valence-electron chi connectivity index (χ3n) is 2.43. The lowest BCUT2D eigenvalue weighted by molar-refractivity contribution is -0.135. The predicted octanol–water partition coefficient (Wildman–Crippen LogP) is 1.75. The minimum absolute atomic E-state index is 0.0475. The molecule has 0 aromatic rings. The van der Waals surface area contributed by atoms with Crippen LogP contribution in [0.3, 0.4) is 0 Å². The fourth-order valence-electron chi connectivity index (χ4n) is 1.62. The molecule has 0 aromatic carbocycles. The zero-order valence-corrected chi connectivity index (χ0v) is 7.54. The van der Waals surface area contributed by atoms with Gasteiger partial charge in [-0.1, -0.05) is 19.1 Å². The Bertz CT molecular complexity index is 228. The number of hydrogen-bond donors (Lipinski definition) is 0. The van der Waals surface area contributed by atoms with Crippen molar-refractivity contribution in [1.82, 2.24) is 0 Å². The Balaban J connectivity index is 2.63. The highest BCUT2D eigenvalue weighted by Crippen LogP contribution is 2.28. The van der Waals surface area contributed by atoms with Gasteiger partial charge in [-0.15, -0.1) is 0 Å². The fraction of sp³-hybridized carbons (Fsp3) is 0.600. The summed E-state index contributed by atoms with van der Waals surface area (Å²) in [6, 6.07) is 0. The second-order valence-electron chi connectivity index (χ2n) is 3.38. The molecule has 0 radical (unpaired) electrons. The summed E-state index contributed by atoms with van der Waals surface area (Å²) in [5.41, 5.74) is 0. The SMILES string of the molecule is CC=CCC1C(=O)C(=O)CC1C. The lowest BCUT2D eigenvalue weighted by Gasteiger charge is -2.08. The maximum atomic E-state index is 11.2. The van der Waals surface area contributed by atoms with Crippen LogP contribution in [0.4, 0.5) is 0 Å². The van der Waals surface area contributed by atoms with E-state index in [1.54, 1.807) is 0 Å². The number of carbonyl (C=O) groups is 2. The van der Waals surface area contributed by atoms with Crippen LogP contribution in [0.15, 0.2) is 12.2 Å². The van der Waals surface area contributed by atoms with Gasteiger partial charge in [-0.3, -0.25) is 9.59 Å². The van der Waals surface area contributed by atoms with E-state index >= 15 is 0 Å². The summed E-state index contributed by atoms with van der Waals surface area (Å²) in [5.74, 6) is -0.160. The Hall–Kier alpha value is -0.920. The number of allylic oxidation sites excluding steroid dienone is 2. The van der Waals surface area contributed by atoms with E-state index in [1.807, 2.05) is 26.0 Å². The van der Waals surface area contributed by atoms with Crippen LogP contribution in [-0.4, -0.2) is 11.6 Å². The maximum Gasteiger partial charge on any atom is 0.202 e. The molecule has 2 atom stereocenters. The van der Waals surface area contributed by atoms with Crippen LogP contribution in [0.1, 0.15) is 26.7 Å². The van der Waals surface area contributed by atoms with Crippen LogP contribution in [0.5, 0.6) is 0 Å². The minimum Gasteiger partial charge on any atom is -0.291 e. The summed E-state index contributed by atoms with van der Waals surface area (Å²) in [7, 11) is 0. The first-order valence-electron chi connectivity index (χ1n) is 4.35. The second kappa shape index (κ2) is 3.65. The Morgan fingerprint density at radius 2 is 2.17 bits per heavy atom. The van der Waals surface area contributed by atoms with E-state index in [0.29, 0.717) is 6.42 Å². The standard InChI is InChI=1S/C10H14O2/c1-3-4-5-8-7(2)6-9(11)10(8)12/h3-4,7-8H,5-6H2,1-2H3. The van der Waals surface area contributed by atoms with E-state index < -0.39 is 0 Å². The van der Waals surface area contributed by atoms with E-state index in [4.69, 9.17) is 0 Å². The molecule has 2 nitrogen and oxygen atoms in total. The third kappa shape index (κ3) is 1.63. The highest BCUT2D eigenvalue weighted by atomic mass is 16.2. The minimum atomic E-state index is -0.183. The fourth-order valence-corrected chi connectivity index (χ4v) is 1.62. The van der Waals surface area contributed by atoms with Gasteiger partial charge in [0, 0.05) is 12.3 Å². The van der Waals surface area contributed by atoms with Crippen LogP contribution < -0.4 is 0 Å². The van der Waals surface area contributed by atoms with Gasteiger partial charge in [0.25, 0.3) is 0 Å². The van der Waals surface area contributed by atoms with E-state index in [9.17, 15) is 9.59 Å². The van der Waals surface area contributed by atoms with Gasteiger partial charge < -0.3 is 0 Å². The summed E-state index contributed by atoms with van der Waals surface area (Å²) in [6.07, 6.45) is 5.05. The first kappa shape index (κ1) is 9.17. The normalized spacial score (nSPS) is 30.5. The molecular weight excluding hydrogens is 152 g/mol. The maximum absolute atomic E-state index is 11.2. The molecule has 2 heteroatoms. The van der Waals surface area contributed by atoms with Crippen LogP contribution in [-0.2, 0) is 9.59 Å². The average Bonchev–Trinajstić information content (AvgIpc) is 2.25. The van der Waals surface area contributed by atoms with Gasteiger partial charge in [0.15, 0.2) is 5.78 Å². The molecule has 1 fully saturated rings. The molecule has 0 saturated heterocycles. The molecule has 0 N–H and O–H groups in total. The van der Waals surface area contributed by atoms with Crippen LogP contribution in [0, 0.1) is 11.8 Å². The predicted molar refractivity (Wildman–Crippen MR) is 46.7 cm³/mol. The molecule has 12 heavy (non-hydrogen) atoms. The van der Waals surface area contributed by atoms with Crippen molar-refractivity contribution in [2.45, 2.75) is 26.7 Å². The summed E-state index contributed by atoms with van der Waals surface area (Å²) < 4.78 is 0. The number of Topliss-reactive ketones (excluding diaryl/α,β-unsaturated/α-hetero) is 2. The first-order valence-corrected chi connectivity index (χ1v) is 4.35. The second-order valence-corrected chi connectivity index (χ2v) is 3.38. The monoisotopic (exact) mass is 166 g/mol. The van der Waals surface area contributed by atoms with Gasteiger partial charge in [-0.25, -0.2) is 0 Å². The number of ketones is 2. The Labute approximate surface area is 72.7 Å². The molecule has 66 valence electrons. The molecule has 0 aliphatic heterocycles. The quantitative estimate of drug-likeness (QED) is 0.462. The van der Waals surface area contributed by atoms with Crippen molar-refractivity contribution < 1.29 is 9.59 Å². The van der Waals surface area contributed by atoms with Crippen molar-refractivity contribution in [3.05, 3.63) is 12.2 Å². The molecule has 0 amide bonds. The van der Waals surface area contributed by atoms with Gasteiger partial charge in [0.2, 0.25) is 5.78 Å². The average molecular weight is 166 g/mol. The largest absolute Gasteiger partial charge is 0.291 e.